The van der Waals surface area contributed by atoms with Crippen LogP contribution in [0, 0.1) is 10.1 Å². The lowest BCUT2D eigenvalue weighted by atomic mass is 10.1. The Morgan fingerprint density at radius 1 is 1.17 bits per heavy atom. The lowest BCUT2D eigenvalue weighted by Gasteiger charge is -2.11. The zero-order valence-corrected chi connectivity index (χ0v) is 16.3. The molecule has 8 nitrogen and oxygen atoms in total. The van der Waals surface area contributed by atoms with Crippen LogP contribution in [0.2, 0.25) is 0 Å². The standard InChI is InChI=1S/C19H15F2N3O5S/c1-2-12-9-17(15-10-13(24(26)27)5-8-16(15)22-12)23-18(25)11-3-6-14(7-4-11)30(28,29)19(20)21/h3-10,19H,2H2,1H3,(H,22,23,25). The predicted octanol–water partition coefficient (Wildman–Crippen LogP) is 3.95. The molecule has 1 heterocycles. The molecule has 0 atom stereocenters. The van der Waals surface area contributed by atoms with Crippen molar-refractivity contribution in [2.45, 2.75) is 24.0 Å². The quantitative estimate of drug-likeness (QED) is 0.462. The first-order valence-electron chi connectivity index (χ1n) is 8.65. The number of nitrogens with one attached hydrogen (secondary N) is 1. The molecule has 156 valence electrons. The van der Waals surface area contributed by atoms with E-state index < -0.39 is 31.3 Å². The first-order valence-corrected chi connectivity index (χ1v) is 10.2. The van der Waals surface area contributed by atoms with Crippen molar-refractivity contribution in [3.8, 4) is 0 Å². The number of amides is 1. The highest BCUT2D eigenvalue weighted by atomic mass is 32.2. The van der Waals surface area contributed by atoms with E-state index in [1.165, 1.54) is 18.2 Å². The number of fused-ring (bicyclic) bond motifs is 1. The number of aromatic nitrogens is 1. The Balaban J connectivity index is 1.98. The number of carbonyl (C=O) groups is 1. The second-order valence-electron chi connectivity index (χ2n) is 6.26. The molecule has 30 heavy (non-hydrogen) atoms. The molecule has 0 saturated heterocycles. The second kappa shape index (κ2) is 8.11. The average Bonchev–Trinajstić information content (AvgIpc) is 2.73. The van der Waals surface area contributed by atoms with E-state index in [2.05, 4.69) is 10.3 Å². The van der Waals surface area contributed by atoms with Gasteiger partial charge in [0.25, 0.3) is 11.6 Å². The van der Waals surface area contributed by atoms with Crippen molar-refractivity contribution in [1.29, 1.82) is 0 Å². The maximum absolute atomic E-state index is 12.6. The van der Waals surface area contributed by atoms with Crippen LogP contribution >= 0.6 is 0 Å². The molecular formula is C19H15F2N3O5S. The fraction of sp³-hybridized carbons (Fsp3) is 0.158. The highest BCUT2D eigenvalue weighted by Crippen LogP contribution is 2.28. The predicted molar refractivity (Wildman–Crippen MR) is 105 cm³/mol. The van der Waals surface area contributed by atoms with Gasteiger partial charge in [-0.15, -0.1) is 0 Å². The van der Waals surface area contributed by atoms with Crippen molar-refractivity contribution >= 4 is 38.0 Å². The number of hydrogen-bond donors (Lipinski definition) is 1. The summed E-state index contributed by atoms with van der Waals surface area (Å²) < 4.78 is 48.3. The summed E-state index contributed by atoms with van der Waals surface area (Å²) in [6.45, 7) is 1.85. The summed E-state index contributed by atoms with van der Waals surface area (Å²) in [6.07, 6.45) is 0.552. The third kappa shape index (κ3) is 4.10. The third-order valence-electron chi connectivity index (χ3n) is 4.35. The minimum absolute atomic E-state index is 0.0247. The summed E-state index contributed by atoms with van der Waals surface area (Å²) in [5, 5.41) is 14.1. The Hall–Kier alpha value is -3.47. The number of halogens is 2. The zero-order chi connectivity index (χ0) is 22.1. The van der Waals surface area contributed by atoms with Crippen molar-refractivity contribution < 1.29 is 26.9 Å². The topological polar surface area (TPSA) is 119 Å². The number of aryl methyl sites for hydroxylation is 1. The van der Waals surface area contributed by atoms with E-state index in [9.17, 15) is 32.1 Å². The number of nitro benzene ring substituents is 1. The monoisotopic (exact) mass is 435 g/mol. The van der Waals surface area contributed by atoms with E-state index in [0.717, 1.165) is 24.3 Å². The molecule has 2 aromatic carbocycles. The number of benzene rings is 2. The molecule has 3 aromatic rings. The van der Waals surface area contributed by atoms with Crippen LogP contribution in [0.4, 0.5) is 20.2 Å². The summed E-state index contributed by atoms with van der Waals surface area (Å²) in [5.41, 5.74) is 1.23. The average molecular weight is 435 g/mol. The largest absolute Gasteiger partial charge is 0.341 e. The number of nitro groups is 1. The summed E-state index contributed by atoms with van der Waals surface area (Å²) in [6, 6.07) is 9.71. The Kier molecular flexibility index (Phi) is 5.74. The van der Waals surface area contributed by atoms with Gasteiger partial charge in [0, 0.05) is 28.8 Å². The molecular weight excluding hydrogens is 420 g/mol. The van der Waals surface area contributed by atoms with Gasteiger partial charge in [-0.3, -0.25) is 19.9 Å². The first kappa shape index (κ1) is 21.2. The maximum atomic E-state index is 12.6. The summed E-state index contributed by atoms with van der Waals surface area (Å²) in [7, 11) is -4.77. The molecule has 0 aliphatic rings. The highest BCUT2D eigenvalue weighted by molar-refractivity contribution is 7.91. The highest BCUT2D eigenvalue weighted by Gasteiger charge is 2.26. The third-order valence-corrected chi connectivity index (χ3v) is 5.74. The van der Waals surface area contributed by atoms with Gasteiger partial charge in [0.15, 0.2) is 0 Å². The molecule has 1 N–H and O–H groups in total. The van der Waals surface area contributed by atoms with Crippen molar-refractivity contribution in [2.24, 2.45) is 0 Å². The number of hydrogen-bond acceptors (Lipinski definition) is 6. The number of nitrogens with zero attached hydrogens (tertiary/aromatic N) is 2. The van der Waals surface area contributed by atoms with Gasteiger partial charge in [-0.2, -0.15) is 8.78 Å². The van der Waals surface area contributed by atoms with Crippen LogP contribution in [0.5, 0.6) is 0 Å². The van der Waals surface area contributed by atoms with E-state index in [1.807, 2.05) is 6.92 Å². The van der Waals surface area contributed by atoms with E-state index in [-0.39, 0.29) is 16.9 Å². The lowest BCUT2D eigenvalue weighted by molar-refractivity contribution is -0.384. The van der Waals surface area contributed by atoms with Gasteiger partial charge in [0.2, 0.25) is 9.84 Å². The number of rotatable bonds is 6. The van der Waals surface area contributed by atoms with E-state index in [4.69, 9.17) is 0 Å². The van der Waals surface area contributed by atoms with Crippen LogP contribution < -0.4 is 5.32 Å². The minimum atomic E-state index is -4.77. The fourth-order valence-electron chi connectivity index (χ4n) is 2.76. The number of anilines is 1. The molecule has 0 spiro atoms. The molecule has 0 radical (unpaired) electrons. The Bertz CT molecular complexity index is 1250. The molecule has 0 aliphatic carbocycles. The van der Waals surface area contributed by atoms with E-state index in [0.29, 0.717) is 23.0 Å². The van der Waals surface area contributed by atoms with Gasteiger partial charge in [-0.05, 0) is 42.8 Å². The molecule has 0 saturated carbocycles. The first-order chi connectivity index (χ1) is 14.1. The van der Waals surface area contributed by atoms with Crippen molar-refractivity contribution in [3.63, 3.8) is 0 Å². The SMILES string of the molecule is CCc1cc(NC(=O)c2ccc(S(=O)(=O)C(F)F)cc2)c2cc([N+](=O)[O-])ccc2n1. The minimum Gasteiger partial charge on any atom is -0.321 e. The molecule has 0 bridgehead atoms. The van der Waals surface area contributed by atoms with Crippen LogP contribution in [0.25, 0.3) is 10.9 Å². The van der Waals surface area contributed by atoms with E-state index in [1.54, 1.807) is 6.07 Å². The smallest absolute Gasteiger partial charge is 0.321 e. The van der Waals surface area contributed by atoms with Gasteiger partial charge in [-0.25, -0.2) is 8.42 Å². The van der Waals surface area contributed by atoms with Crippen LogP contribution in [0.1, 0.15) is 23.0 Å². The Labute approximate surface area is 169 Å². The van der Waals surface area contributed by atoms with Crippen LogP contribution in [0.3, 0.4) is 0 Å². The van der Waals surface area contributed by atoms with Gasteiger partial charge < -0.3 is 5.32 Å². The Morgan fingerprint density at radius 2 is 1.83 bits per heavy atom. The second-order valence-corrected chi connectivity index (χ2v) is 8.18. The molecule has 1 amide bonds. The lowest BCUT2D eigenvalue weighted by Crippen LogP contribution is -2.14. The number of carbonyl (C=O) groups excluding carboxylic acids is 1. The maximum Gasteiger partial charge on any atom is 0.341 e. The molecule has 11 heteroatoms. The summed E-state index contributed by atoms with van der Waals surface area (Å²) >= 11 is 0. The fourth-order valence-corrected chi connectivity index (χ4v) is 3.48. The molecule has 0 aliphatic heterocycles. The normalized spacial score (nSPS) is 11.6. The van der Waals surface area contributed by atoms with Gasteiger partial charge in [0.05, 0.1) is 21.0 Å². The van der Waals surface area contributed by atoms with Crippen LogP contribution in [-0.2, 0) is 16.3 Å². The van der Waals surface area contributed by atoms with Crippen molar-refractivity contribution in [2.75, 3.05) is 5.32 Å². The van der Waals surface area contributed by atoms with Gasteiger partial charge >= 0.3 is 5.76 Å². The zero-order valence-electron chi connectivity index (χ0n) is 15.5. The van der Waals surface area contributed by atoms with Crippen molar-refractivity contribution in [1.82, 2.24) is 4.98 Å². The number of pyridine rings is 1. The van der Waals surface area contributed by atoms with Gasteiger partial charge in [0.1, 0.15) is 0 Å². The number of alkyl halides is 2. The van der Waals surface area contributed by atoms with Crippen molar-refractivity contribution in [3.05, 3.63) is 69.9 Å². The molecule has 3 rings (SSSR count). The summed E-state index contributed by atoms with van der Waals surface area (Å²) in [4.78, 5) is 26.9. The number of non-ortho nitro benzene ring substituents is 1. The van der Waals surface area contributed by atoms with Crippen LogP contribution in [0.15, 0.2) is 53.4 Å². The number of sulfone groups is 1. The molecule has 0 fully saturated rings. The summed E-state index contributed by atoms with van der Waals surface area (Å²) in [5.74, 6) is -4.21. The van der Waals surface area contributed by atoms with Gasteiger partial charge in [-0.1, -0.05) is 6.92 Å². The van der Waals surface area contributed by atoms with Crippen LogP contribution in [-0.4, -0.2) is 30.0 Å². The Morgan fingerprint density at radius 3 is 2.40 bits per heavy atom. The molecule has 1 aromatic heterocycles. The molecule has 0 unspecified atom stereocenters. The van der Waals surface area contributed by atoms with E-state index >= 15 is 0 Å².